The van der Waals surface area contributed by atoms with E-state index in [1.54, 1.807) is 0 Å². The molecular weight excluding hydrogens is 123 g/mol. The highest BCUT2D eigenvalue weighted by Crippen LogP contribution is 2.26. The summed E-state index contributed by atoms with van der Waals surface area (Å²) in [6.45, 7) is 1.92. The molecule has 0 saturated heterocycles. The van der Waals surface area contributed by atoms with Crippen LogP contribution in [0.5, 0.6) is 0 Å². The Morgan fingerprint density at radius 3 is 2.62 bits per heavy atom. The number of ether oxygens (including phenoxy) is 1. The maximum Gasteiger partial charge on any atom is 0.280 e. The summed E-state index contributed by atoms with van der Waals surface area (Å²) in [5.41, 5.74) is 0. The Balaban J connectivity index is 2.60. The SMILES string of the molecule is CC1CC(P)=C(O)O1. The van der Waals surface area contributed by atoms with E-state index in [9.17, 15) is 0 Å². The van der Waals surface area contributed by atoms with Crippen LogP contribution in [0.1, 0.15) is 13.3 Å². The summed E-state index contributed by atoms with van der Waals surface area (Å²) in [5, 5.41) is 9.68. The smallest absolute Gasteiger partial charge is 0.280 e. The molecule has 0 saturated carbocycles. The van der Waals surface area contributed by atoms with Crippen LogP contribution >= 0.6 is 9.24 Å². The van der Waals surface area contributed by atoms with E-state index in [1.165, 1.54) is 0 Å². The van der Waals surface area contributed by atoms with E-state index in [-0.39, 0.29) is 12.0 Å². The van der Waals surface area contributed by atoms with Gasteiger partial charge in [-0.3, -0.25) is 0 Å². The van der Waals surface area contributed by atoms with Gasteiger partial charge < -0.3 is 9.84 Å². The Labute approximate surface area is 50.7 Å². The van der Waals surface area contributed by atoms with E-state index < -0.39 is 0 Å². The molecule has 2 unspecified atom stereocenters. The molecule has 0 aromatic rings. The molecule has 46 valence electrons. The number of hydrogen-bond donors (Lipinski definition) is 1. The summed E-state index contributed by atoms with van der Waals surface area (Å²) in [5.74, 6) is 0.0856. The van der Waals surface area contributed by atoms with Gasteiger partial charge in [0.2, 0.25) is 0 Å². The summed E-state index contributed by atoms with van der Waals surface area (Å²) in [6.07, 6.45) is 0.985. The Morgan fingerprint density at radius 1 is 1.88 bits per heavy atom. The molecule has 1 aliphatic heterocycles. The first-order chi connectivity index (χ1) is 3.70. The van der Waals surface area contributed by atoms with Crippen molar-refractivity contribution in [2.75, 3.05) is 0 Å². The van der Waals surface area contributed by atoms with Crippen molar-refractivity contribution in [3.8, 4) is 0 Å². The Kier molecular flexibility index (Phi) is 1.43. The highest BCUT2D eigenvalue weighted by atomic mass is 31.0. The predicted octanol–water partition coefficient (Wildman–Crippen LogP) is 1.40. The van der Waals surface area contributed by atoms with Crippen LogP contribution in [-0.4, -0.2) is 11.2 Å². The first-order valence-corrected chi connectivity index (χ1v) is 3.12. The van der Waals surface area contributed by atoms with Crippen molar-refractivity contribution in [2.45, 2.75) is 19.4 Å². The van der Waals surface area contributed by atoms with Gasteiger partial charge in [-0.15, -0.1) is 9.24 Å². The summed E-state index contributed by atoms with van der Waals surface area (Å²) in [7, 11) is 2.44. The van der Waals surface area contributed by atoms with Gasteiger partial charge in [0, 0.05) is 11.7 Å². The number of aliphatic hydroxyl groups is 1. The fraction of sp³-hybridized carbons (Fsp3) is 0.600. The van der Waals surface area contributed by atoms with Crippen LogP contribution in [0.25, 0.3) is 0 Å². The predicted molar refractivity (Wildman–Crippen MR) is 34.5 cm³/mol. The summed E-state index contributed by atoms with van der Waals surface area (Å²) in [4.78, 5) is 0. The second-order valence-corrected chi connectivity index (χ2v) is 2.66. The van der Waals surface area contributed by atoms with Crippen molar-refractivity contribution < 1.29 is 9.84 Å². The fourth-order valence-electron chi connectivity index (χ4n) is 0.705. The largest absolute Gasteiger partial charge is 0.481 e. The molecule has 1 rings (SSSR count). The molecule has 8 heavy (non-hydrogen) atoms. The van der Waals surface area contributed by atoms with Crippen molar-refractivity contribution in [2.24, 2.45) is 0 Å². The van der Waals surface area contributed by atoms with E-state index >= 15 is 0 Å². The third-order valence-corrected chi connectivity index (χ3v) is 1.58. The Morgan fingerprint density at radius 2 is 2.50 bits per heavy atom. The first-order valence-electron chi connectivity index (χ1n) is 2.54. The van der Waals surface area contributed by atoms with Crippen molar-refractivity contribution in [1.82, 2.24) is 0 Å². The van der Waals surface area contributed by atoms with Crippen LogP contribution in [0.3, 0.4) is 0 Å². The lowest BCUT2D eigenvalue weighted by molar-refractivity contribution is 0.0681. The molecule has 0 fully saturated rings. The first kappa shape index (κ1) is 5.90. The zero-order valence-electron chi connectivity index (χ0n) is 4.72. The molecule has 2 atom stereocenters. The molecule has 0 aromatic heterocycles. The van der Waals surface area contributed by atoms with Crippen molar-refractivity contribution in [3.63, 3.8) is 0 Å². The van der Waals surface area contributed by atoms with Gasteiger partial charge in [0.05, 0.1) is 0 Å². The molecule has 1 aliphatic rings. The lowest BCUT2D eigenvalue weighted by atomic mass is 10.3. The Bertz CT molecular complexity index is 116. The normalized spacial score (nSPS) is 28.5. The molecule has 0 aromatic carbocycles. The van der Waals surface area contributed by atoms with Gasteiger partial charge in [0.25, 0.3) is 5.95 Å². The molecule has 0 bridgehead atoms. The number of rotatable bonds is 0. The van der Waals surface area contributed by atoms with Gasteiger partial charge in [0.1, 0.15) is 6.10 Å². The molecule has 1 N–H and O–H groups in total. The monoisotopic (exact) mass is 132 g/mol. The second kappa shape index (κ2) is 1.94. The summed E-state index contributed by atoms with van der Waals surface area (Å²) in [6, 6.07) is 0. The average molecular weight is 132 g/mol. The van der Waals surface area contributed by atoms with Crippen molar-refractivity contribution in [3.05, 3.63) is 11.3 Å². The average Bonchev–Trinajstić information content (AvgIpc) is 1.85. The molecule has 0 amide bonds. The van der Waals surface area contributed by atoms with E-state index in [0.717, 1.165) is 11.7 Å². The van der Waals surface area contributed by atoms with Gasteiger partial charge in [0.15, 0.2) is 0 Å². The second-order valence-electron chi connectivity index (χ2n) is 1.96. The zero-order chi connectivity index (χ0) is 6.15. The lowest BCUT2D eigenvalue weighted by Gasteiger charge is -1.99. The van der Waals surface area contributed by atoms with Crippen LogP contribution in [0.15, 0.2) is 11.3 Å². The summed E-state index contributed by atoms with van der Waals surface area (Å²) >= 11 is 0. The summed E-state index contributed by atoms with van der Waals surface area (Å²) < 4.78 is 4.89. The molecule has 0 spiro atoms. The molecule has 3 heteroatoms. The molecule has 0 radical (unpaired) electrons. The third-order valence-electron chi connectivity index (χ3n) is 1.09. The number of hydrogen-bond acceptors (Lipinski definition) is 2. The minimum absolute atomic E-state index is 0.0856. The van der Waals surface area contributed by atoms with Gasteiger partial charge >= 0.3 is 0 Å². The van der Waals surface area contributed by atoms with Crippen LogP contribution in [0.4, 0.5) is 0 Å². The number of aliphatic hydroxyl groups excluding tert-OH is 1. The van der Waals surface area contributed by atoms with Gasteiger partial charge in [-0.2, -0.15) is 0 Å². The standard InChI is InChI=1S/C5H9O2P/c1-3-2-4(8)5(6)7-3/h3,6H,2,8H2,1H3. The lowest BCUT2D eigenvalue weighted by Crippen LogP contribution is -1.97. The maximum atomic E-state index is 8.80. The third kappa shape index (κ3) is 0.948. The van der Waals surface area contributed by atoms with E-state index in [1.807, 2.05) is 6.92 Å². The highest BCUT2D eigenvalue weighted by Gasteiger charge is 2.17. The molecule has 2 nitrogen and oxygen atoms in total. The quantitative estimate of drug-likeness (QED) is 0.505. The van der Waals surface area contributed by atoms with Gasteiger partial charge in [-0.1, -0.05) is 0 Å². The van der Waals surface area contributed by atoms with Gasteiger partial charge in [-0.25, -0.2) is 0 Å². The van der Waals surface area contributed by atoms with Crippen LogP contribution in [-0.2, 0) is 4.74 Å². The molecule has 1 heterocycles. The highest BCUT2D eigenvalue weighted by molar-refractivity contribution is 7.22. The molecule has 0 aliphatic carbocycles. The minimum Gasteiger partial charge on any atom is -0.481 e. The fourth-order valence-corrected chi connectivity index (χ4v) is 1.10. The van der Waals surface area contributed by atoms with E-state index in [4.69, 9.17) is 9.84 Å². The zero-order valence-corrected chi connectivity index (χ0v) is 5.87. The van der Waals surface area contributed by atoms with E-state index in [2.05, 4.69) is 9.24 Å². The van der Waals surface area contributed by atoms with Crippen LogP contribution < -0.4 is 0 Å². The maximum absolute atomic E-state index is 8.80. The topological polar surface area (TPSA) is 29.5 Å². The van der Waals surface area contributed by atoms with E-state index in [0.29, 0.717) is 0 Å². The Hall–Kier alpha value is -0.230. The van der Waals surface area contributed by atoms with Gasteiger partial charge in [-0.05, 0) is 6.92 Å². The van der Waals surface area contributed by atoms with Crippen LogP contribution in [0, 0.1) is 0 Å². The molecular formula is C5H9O2P. The van der Waals surface area contributed by atoms with Crippen molar-refractivity contribution in [1.29, 1.82) is 0 Å². The minimum atomic E-state index is 0.0856. The van der Waals surface area contributed by atoms with Crippen LogP contribution in [0.2, 0.25) is 0 Å². The van der Waals surface area contributed by atoms with Crippen molar-refractivity contribution >= 4 is 9.24 Å².